The van der Waals surface area contributed by atoms with E-state index < -0.39 is 12.0 Å². The molecule has 3 rings (SSSR count). The van der Waals surface area contributed by atoms with Gasteiger partial charge in [-0.1, -0.05) is 12.8 Å². The number of carbonyl (C=O) groups is 2. The molecule has 1 heterocycles. The predicted molar refractivity (Wildman–Crippen MR) is 74.4 cm³/mol. The molecule has 3 fully saturated rings. The summed E-state index contributed by atoms with van der Waals surface area (Å²) in [5, 5.41) is 9.48. The van der Waals surface area contributed by atoms with Crippen LogP contribution in [0.5, 0.6) is 0 Å². The standard InChI is InChI=1S/C15H24N2O3/c1-2-16(11-7-8-11)15(20)17-12-6-4-3-5-10(12)9-13(17)14(18)19/h10-13H,2-9H2,1H3,(H,18,19). The number of aliphatic carboxylic acids is 1. The van der Waals surface area contributed by atoms with Gasteiger partial charge in [-0.15, -0.1) is 0 Å². The summed E-state index contributed by atoms with van der Waals surface area (Å²) in [5.41, 5.74) is 0. The van der Waals surface area contributed by atoms with E-state index in [1.54, 1.807) is 4.90 Å². The molecule has 2 aliphatic carbocycles. The van der Waals surface area contributed by atoms with Gasteiger partial charge in [0.1, 0.15) is 6.04 Å². The van der Waals surface area contributed by atoms with Crippen molar-refractivity contribution in [2.75, 3.05) is 6.54 Å². The van der Waals surface area contributed by atoms with Crippen molar-refractivity contribution in [1.82, 2.24) is 9.80 Å². The molecule has 2 amide bonds. The first-order valence-electron chi connectivity index (χ1n) is 7.95. The van der Waals surface area contributed by atoms with Crippen LogP contribution >= 0.6 is 0 Å². The van der Waals surface area contributed by atoms with Gasteiger partial charge in [0.15, 0.2) is 0 Å². The molecular weight excluding hydrogens is 256 g/mol. The number of rotatable bonds is 3. The van der Waals surface area contributed by atoms with Gasteiger partial charge in [0.2, 0.25) is 0 Å². The summed E-state index contributed by atoms with van der Waals surface area (Å²) >= 11 is 0. The van der Waals surface area contributed by atoms with E-state index in [4.69, 9.17) is 0 Å². The van der Waals surface area contributed by atoms with Crippen molar-refractivity contribution in [3.05, 3.63) is 0 Å². The lowest BCUT2D eigenvalue weighted by Crippen LogP contribution is -2.52. The summed E-state index contributed by atoms with van der Waals surface area (Å²) < 4.78 is 0. The number of amides is 2. The maximum Gasteiger partial charge on any atom is 0.326 e. The lowest BCUT2D eigenvalue weighted by Gasteiger charge is -2.36. The highest BCUT2D eigenvalue weighted by atomic mass is 16.4. The van der Waals surface area contributed by atoms with E-state index in [0.717, 1.165) is 32.1 Å². The highest BCUT2D eigenvalue weighted by Gasteiger charge is 2.49. The fourth-order valence-corrected chi connectivity index (χ4v) is 4.04. The lowest BCUT2D eigenvalue weighted by molar-refractivity contribution is -0.141. The van der Waals surface area contributed by atoms with E-state index in [1.165, 1.54) is 6.42 Å². The summed E-state index contributed by atoms with van der Waals surface area (Å²) in [5.74, 6) is -0.439. The molecule has 5 heteroatoms. The third kappa shape index (κ3) is 2.27. The van der Waals surface area contributed by atoms with E-state index in [9.17, 15) is 14.7 Å². The minimum absolute atomic E-state index is 0.0307. The molecule has 1 aliphatic heterocycles. The second kappa shape index (κ2) is 5.26. The molecule has 0 radical (unpaired) electrons. The van der Waals surface area contributed by atoms with Gasteiger partial charge in [0, 0.05) is 18.6 Å². The molecule has 0 aromatic carbocycles. The number of hydrogen-bond acceptors (Lipinski definition) is 2. The molecule has 0 aromatic heterocycles. The Bertz CT molecular complexity index is 408. The van der Waals surface area contributed by atoms with Crippen LogP contribution in [0.25, 0.3) is 0 Å². The molecule has 1 saturated heterocycles. The number of nitrogens with zero attached hydrogens (tertiary/aromatic N) is 2. The zero-order valence-corrected chi connectivity index (χ0v) is 12.1. The molecule has 0 aromatic rings. The van der Waals surface area contributed by atoms with Crippen LogP contribution in [-0.2, 0) is 4.79 Å². The van der Waals surface area contributed by atoms with E-state index in [-0.39, 0.29) is 12.1 Å². The lowest BCUT2D eigenvalue weighted by atomic mass is 9.85. The summed E-state index contributed by atoms with van der Waals surface area (Å²) in [7, 11) is 0. The minimum atomic E-state index is -0.834. The van der Waals surface area contributed by atoms with Crippen LogP contribution in [-0.4, -0.2) is 51.6 Å². The van der Waals surface area contributed by atoms with Gasteiger partial charge < -0.3 is 14.9 Å². The van der Waals surface area contributed by atoms with Crippen LogP contribution in [0.4, 0.5) is 4.79 Å². The van der Waals surface area contributed by atoms with Gasteiger partial charge in [0.05, 0.1) is 0 Å². The van der Waals surface area contributed by atoms with E-state index >= 15 is 0 Å². The van der Waals surface area contributed by atoms with Gasteiger partial charge in [-0.3, -0.25) is 0 Å². The van der Waals surface area contributed by atoms with E-state index in [2.05, 4.69) is 0 Å². The number of carboxylic acid groups (broad SMARTS) is 1. The second-order valence-corrected chi connectivity index (χ2v) is 6.41. The number of fused-ring (bicyclic) bond motifs is 1. The molecule has 3 unspecified atom stereocenters. The quantitative estimate of drug-likeness (QED) is 0.863. The van der Waals surface area contributed by atoms with E-state index in [1.807, 2.05) is 11.8 Å². The Balaban J connectivity index is 1.82. The van der Waals surface area contributed by atoms with Gasteiger partial charge in [-0.2, -0.15) is 0 Å². The van der Waals surface area contributed by atoms with Crippen LogP contribution in [0.15, 0.2) is 0 Å². The topological polar surface area (TPSA) is 60.9 Å². The predicted octanol–water partition coefficient (Wildman–Crippen LogP) is 2.31. The zero-order valence-electron chi connectivity index (χ0n) is 12.1. The van der Waals surface area contributed by atoms with Gasteiger partial charge in [-0.05, 0) is 44.9 Å². The van der Waals surface area contributed by atoms with Crippen LogP contribution < -0.4 is 0 Å². The molecule has 2 saturated carbocycles. The molecule has 5 nitrogen and oxygen atoms in total. The van der Waals surface area contributed by atoms with Crippen molar-refractivity contribution >= 4 is 12.0 Å². The SMILES string of the molecule is CCN(C(=O)N1C(C(=O)O)CC2CCCCC21)C1CC1. The van der Waals surface area contributed by atoms with Crippen molar-refractivity contribution in [2.24, 2.45) is 5.92 Å². The number of hydrogen-bond donors (Lipinski definition) is 1. The van der Waals surface area contributed by atoms with Gasteiger partial charge in [-0.25, -0.2) is 9.59 Å². The third-order valence-electron chi connectivity index (χ3n) is 5.17. The van der Waals surface area contributed by atoms with Gasteiger partial charge in [0.25, 0.3) is 0 Å². The zero-order chi connectivity index (χ0) is 14.3. The van der Waals surface area contributed by atoms with Crippen molar-refractivity contribution < 1.29 is 14.7 Å². The molecule has 3 atom stereocenters. The van der Waals surface area contributed by atoms with E-state index in [0.29, 0.717) is 24.9 Å². The summed E-state index contributed by atoms with van der Waals surface area (Å²) in [6, 6.07) is -0.130. The highest BCUT2D eigenvalue weighted by molar-refractivity contribution is 5.84. The summed E-state index contributed by atoms with van der Waals surface area (Å²) in [6.07, 6.45) is 7.13. The fraction of sp³-hybridized carbons (Fsp3) is 0.867. The Morgan fingerprint density at radius 2 is 1.90 bits per heavy atom. The van der Waals surface area contributed by atoms with Crippen LogP contribution in [0, 0.1) is 5.92 Å². The Kier molecular flexibility index (Phi) is 3.61. The van der Waals surface area contributed by atoms with Crippen LogP contribution in [0.1, 0.15) is 51.9 Å². The summed E-state index contributed by atoms with van der Waals surface area (Å²) in [4.78, 5) is 28.0. The Hall–Kier alpha value is -1.26. The van der Waals surface area contributed by atoms with Crippen LogP contribution in [0.3, 0.4) is 0 Å². The Labute approximate surface area is 119 Å². The number of carbonyl (C=O) groups excluding carboxylic acids is 1. The Morgan fingerprint density at radius 3 is 2.50 bits per heavy atom. The number of urea groups is 1. The average Bonchev–Trinajstić information content (AvgIpc) is 3.18. The molecule has 1 N–H and O–H groups in total. The maximum atomic E-state index is 12.8. The van der Waals surface area contributed by atoms with Gasteiger partial charge >= 0.3 is 12.0 Å². The molecule has 0 bridgehead atoms. The smallest absolute Gasteiger partial charge is 0.326 e. The monoisotopic (exact) mass is 280 g/mol. The maximum absolute atomic E-state index is 12.8. The number of carboxylic acids is 1. The van der Waals surface area contributed by atoms with Crippen molar-refractivity contribution in [3.8, 4) is 0 Å². The van der Waals surface area contributed by atoms with Crippen molar-refractivity contribution in [2.45, 2.75) is 70.0 Å². The normalized spacial score (nSPS) is 32.9. The first-order chi connectivity index (χ1) is 9.63. The molecular formula is C15H24N2O3. The molecule has 0 spiro atoms. The average molecular weight is 280 g/mol. The van der Waals surface area contributed by atoms with Crippen molar-refractivity contribution in [3.63, 3.8) is 0 Å². The Morgan fingerprint density at radius 1 is 1.20 bits per heavy atom. The molecule has 112 valence electrons. The largest absolute Gasteiger partial charge is 0.480 e. The van der Waals surface area contributed by atoms with Crippen molar-refractivity contribution in [1.29, 1.82) is 0 Å². The second-order valence-electron chi connectivity index (χ2n) is 6.41. The minimum Gasteiger partial charge on any atom is -0.480 e. The molecule has 20 heavy (non-hydrogen) atoms. The van der Waals surface area contributed by atoms with Crippen LogP contribution in [0.2, 0.25) is 0 Å². The third-order valence-corrected chi connectivity index (χ3v) is 5.17. The first kappa shape index (κ1) is 13.7. The summed E-state index contributed by atoms with van der Waals surface area (Å²) in [6.45, 7) is 2.67. The fourth-order valence-electron chi connectivity index (χ4n) is 4.04. The first-order valence-corrected chi connectivity index (χ1v) is 7.95. The number of likely N-dealkylation sites (tertiary alicyclic amines) is 1. The highest BCUT2D eigenvalue weighted by Crippen LogP contribution is 2.41. The molecule has 3 aliphatic rings.